The van der Waals surface area contributed by atoms with Gasteiger partial charge in [-0.2, -0.15) is 0 Å². The molecule has 4 nitrogen and oxygen atoms in total. The summed E-state index contributed by atoms with van der Waals surface area (Å²) >= 11 is 5.59. The van der Waals surface area contributed by atoms with Crippen molar-refractivity contribution in [3.63, 3.8) is 0 Å². The van der Waals surface area contributed by atoms with Crippen LogP contribution in [0.5, 0.6) is 0 Å². The van der Waals surface area contributed by atoms with E-state index in [0.29, 0.717) is 4.34 Å². The molecule has 6 heteroatoms. The Kier molecular flexibility index (Phi) is 2.30. The molecule has 0 N–H and O–H groups in total. The number of hydrogen-bond donors (Lipinski definition) is 1. The zero-order valence-corrected chi connectivity index (χ0v) is 9.74. The van der Waals surface area contributed by atoms with E-state index in [9.17, 15) is 0 Å². The molecule has 0 radical (unpaired) electrons. The summed E-state index contributed by atoms with van der Waals surface area (Å²) in [5, 5.41) is 8.75. The van der Waals surface area contributed by atoms with E-state index in [2.05, 4.69) is 32.8 Å². The minimum atomic E-state index is 0.661. The van der Waals surface area contributed by atoms with Gasteiger partial charge in [-0.1, -0.05) is 11.3 Å². The van der Waals surface area contributed by atoms with Crippen LogP contribution >= 0.6 is 24.0 Å². The molecular formula is C10H6N4S2. The molecule has 3 rings (SSSR count). The Labute approximate surface area is 101 Å². The molecule has 0 aliphatic rings. The quantitative estimate of drug-likeness (QED) is 0.670. The summed E-state index contributed by atoms with van der Waals surface area (Å²) in [6.07, 6.45) is 3.36. The van der Waals surface area contributed by atoms with E-state index in [-0.39, 0.29) is 0 Å². The molecule has 78 valence electrons. The van der Waals surface area contributed by atoms with Crippen LogP contribution in [-0.2, 0) is 0 Å². The molecule has 0 bridgehead atoms. The molecule has 0 amide bonds. The zero-order valence-electron chi connectivity index (χ0n) is 8.03. The largest absolute Gasteiger partial charge is 0.253 e. The van der Waals surface area contributed by atoms with Gasteiger partial charge in [0.25, 0.3) is 0 Å². The lowest BCUT2D eigenvalue weighted by Crippen LogP contribution is -1.83. The van der Waals surface area contributed by atoms with Crippen LogP contribution in [0, 0.1) is 0 Å². The predicted molar refractivity (Wildman–Crippen MR) is 65.7 cm³/mol. The molecule has 0 aliphatic heterocycles. The van der Waals surface area contributed by atoms with Gasteiger partial charge in [0.15, 0.2) is 4.34 Å². The molecule has 1 aromatic carbocycles. The first-order valence-corrected chi connectivity index (χ1v) is 5.83. The molecule has 0 saturated carbocycles. The number of hydrogen-bond acceptors (Lipinski definition) is 6. The van der Waals surface area contributed by atoms with Crippen molar-refractivity contribution in [2.75, 3.05) is 0 Å². The first kappa shape index (κ1) is 9.68. The van der Waals surface area contributed by atoms with Crippen LogP contribution in [0.15, 0.2) is 34.9 Å². The highest BCUT2D eigenvalue weighted by Gasteiger charge is 2.05. The number of nitrogens with zero attached hydrogens (tertiary/aromatic N) is 4. The molecule has 0 unspecified atom stereocenters. The molecule has 0 saturated heterocycles. The van der Waals surface area contributed by atoms with E-state index >= 15 is 0 Å². The average Bonchev–Trinajstić information content (AvgIpc) is 2.75. The van der Waals surface area contributed by atoms with Crippen LogP contribution in [0.1, 0.15) is 0 Å². The summed E-state index contributed by atoms with van der Waals surface area (Å²) in [6, 6.07) is 5.85. The summed E-state index contributed by atoms with van der Waals surface area (Å²) in [4.78, 5) is 8.46. The van der Waals surface area contributed by atoms with Crippen molar-refractivity contribution in [2.45, 2.75) is 4.34 Å². The van der Waals surface area contributed by atoms with E-state index in [1.807, 2.05) is 18.2 Å². The predicted octanol–water partition coefficient (Wildman–Crippen LogP) is 2.44. The minimum absolute atomic E-state index is 0.661. The normalized spacial score (nSPS) is 10.8. The van der Waals surface area contributed by atoms with Crippen LogP contribution in [0.2, 0.25) is 0 Å². The van der Waals surface area contributed by atoms with Crippen molar-refractivity contribution in [2.24, 2.45) is 0 Å². The van der Waals surface area contributed by atoms with Crippen LogP contribution in [0.3, 0.4) is 0 Å². The maximum absolute atomic E-state index is 4.25. The van der Waals surface area contributed by atoms with Gasteiger partial charge in [-0.3, -0.25) is 9.97 Å². The van der Waals surface area contributed by atoms with Gasteiger partial charge >= 0.3 is 0 Å². The summed E-state index contributed by atoms with van der Waals surface area (Å²) in [7, 11) is 0. The van der Waals surface area contributed by atoms with Gasteiger partial charge in [0, 0.05) is 18.0 Å². The van der Waals surface area contributed by atoms with Crippen LogP contribution in [0.4, 0.5) is 0 Å². The van der Waals surface area contributed by atoms with Gasteiger partial charge in [-0.05, 0) is 18.2 Å². The van der Waals surface area contributed by atoms with Gasteiger partial charge < -0.3 is 0 Å². The second kappa shape index (κ2) is 3.80. The SMILES string of the molecule is Sc1nnc(-c2ccc3nccnc3c2)s1. The highest BCUT2D eigenvalue weighted by Crippen LogP contribution is 2.26. The van der Waals surface area contributed by atoms with Crippen LogP contribution in [-0.4, -0.2) is 20.2 Å². The summed E-state index contributed by atoms with van der Waals surface area (Å²) in [5.41, 5.74) is 2.73. The molecule has 0 fully saturated rings. The van der Waals surface area contributed by atoms with Crippen molar-refractivity contribution in [3.8, 4) is 10.6 Å². The van der Waals surface area contributed by atoms with Crippen LogP contribution < -0.4 is 0 Å². The minimum Gasteiger partial charge on any atom is -0.253 e. The van der Waals surface area contributed by atoms with Crippen molar-refractivity contribution < 1.29 is 0 Å². The van der Waals surface area contributed by atoms with Crippen molar-refractivity contribution >= 4 is 35.0 Å². The summed E-state index contributed by atoms with van der Waals surface area (Å²) in [5.74, 6) is 0. The number of thiol groups is 1. The molecule has 2 aromatic heterocycles. The van der Waals surface area contributed by atoms with Gasteiger partial charge in [-0.15, -0.1) is 22.8 Å². The van der Waals surface area contributed by atoms with E-state index in [1.54, 1.807) is 12.4 Å². The van der Waals surface area contributed by atoms with E-state index < -0.39 is 0 Å². The van der Waals surface area contributed by atoms with E-state index in [0.717, 1.165) is 21.6 Å². The van der Waals surface area contributed by atoms with E-state index in [4.69, 9.17) is 0 Å². The van der Waals surface area contributed by atoms with Gasteiger partial charge in [0.05, 0.1) is 11.0 Å². The fourth-order valence-electron chi connectivity index (χ4n) is 1.43. The molecule has 0 aliphatic carbocycles. The average molecular weight is 246 g/mol. The molecule has 3 aromatic rings. The monoisotopic (exact) mass is 246 g/mol. The maximum Gasteiger partial charge on any atom is 0.171 e. The Morgan fingerprint density at radius 3 is 2.56 bits per heavy atom. The molecule has 0 atom stereocenters. The first-order valence-electron chi connectivity index (χ1n) is 4.56. The number of benzene rings is 1. The summed E-state index contributed by atoms with van der Waals surface area (Å²) < 4.78 is 0.661. The number of aromatic nitrogens is 4. The molecule has 16 heavy (non-hydrogen) atoms. The van der Waals surface area contributed by atoms with Gasteiger partial charge in [-0.25, -0.2) is 0 Å². The maximum atomic E-state index is 4.25. The lowest BCUT2D eigenvalue weighted by molar-refractivity contribution is 1.02. The molecular weight excluding hydrogens is 240 g/mol. The molecule has 0 spiro atoms. The van der Waals surface area contributed by atoms with Gasteiger partial charge in [0.2, 0.25) is 0 Å². The fourth-order valence-corrected chi connectivity index (χ4v) is 2.31. The first-order chi connectivity index (χ1) is 7.83. The fraction of sp³-hybridized carbons (Fsp3) is 0. The second-order valence-corrected chi connectivity index (χ2v) is 4.85. The van der Waals surface area contributed by atoms with Crippen molar-refractivity contribution in [3.05, 3.63) is 30.6 Å². The smallest absolute Gasteiger partial charge is 0.171 e. The standard InChI is InChI=1S/C10H6N4S2/c15-10-14-13-9(16-10)6-1-2-7-8(5-6)12-4-3-11-7/h1-5H,(H,14,15). The Balaban J connectivity index is 2.18. The Morgan fingerprint density at radius 1 is 1.00 bits per heavy atom. The zero-order chi connectivity index (χ0) is 11.0. The Morgan fingerprint density at radius 2 is 1.81 bits per heavy atom. The third-order valence-electron chi connectivity index (χ3n) is 2.13. The van der Waals surface area contributed by atoms with Crippen LogP contribution in [0.25, 0.3) is 21.6 Å². The Bertz CT molecular complexity index is 650. The third-order valence-corrected chi connectivity index (χ3v) is 3.27. The highest BCUT2D eigenvalue weighted by molar-refractivity contribution is 7.82. The number of rotatable bonds is 1. The highest BCUT2D eigenvalue weighted by atomic mass is 32.2. The van der Waals surface area contributed by atoms with Crippen molar-refractivity contribution in [1.29, 1.82) is 0 Å². The third kappa shape index (κ3) is 1.66. The lowest BCUT2D eigenvalue weighted by Gasteiger charge is -1.97. The summed E-state index contributed by atoms with van der Waals surface area (Å²) in [6.45, 7) is 0. The lowest BCUT2D eigenvalue weighted by atomic mass is 10.2. The number of fused-ring (bicyclic) bond motifs is 1. The van der Waals surface area contributed by atoms with Gasteiger partial charge in [0.1, 0.15) is 5.01 Å². The van der Waals surface area contributed by atoms with Crippen molar-refractivity contribution in [1.82, 2.24) is 20.2 Å². The van der Waals surface area contributed by atoms with E-state index in [1.165, 1.54) is 11.3 Å². The topological polar surface area (TPSA) is 51.6 Å². The second-order valence-electron chi connectivity index (χ2n) is 3.15. The Hall–Kier alpha value is -1.53. The molecule has 2 heterocycles.